The highest BCUT2D eigenvalue weighted by molar-refractivity contribution is 5.94. The molecule has 0 spiro atoms. The second kappa shape index (κ2) is 11.7. The van der Waals surface area contributed by atoms with Crippen molar-refractivity contribution in [1.82, 2.24) is 30.1 Å². The molecule has 10 heteroatoms. The number of aromatic amines is 1. The van der Waals surface area contributed by atoms with Gasteiger partial charge in [0.25, 0.3) is 0 Å². The molecule has 3 heterocycles. The number of H-pyrrole nitrogens is 1. The van der Waals surface area contributed by atoms with Crippen LogP contribution in [0.25, 0.3) is 21.9 Å². The Labute approximate surface area is 252 Å². The SMILES string of the molecule is Cc1nc2ccccc2n1C1CCN(C(=O)[C@@H](Cc2c[nH]c3ccccc23)NC(=O)C(C)(C)NC(=O)OC(C)(C)C)CC1. The Morgan fingerprint density at radius 2 is 1.70 bits per heavy atom. The number of nitrogens with zero attached hydrogens (tertiary/aromatic N) is 3. The molecule has 0 unspecified atom stereocenters. The zero-order valence-electron chi connectivity index (χ0n) is 25.9. The molecule has 1 saturated heterocycles. The molecule has 1 aliphatic rings. The summed E-state index contributed by atoms with van der Waals surface area (Å²) in [6.45, 7) is 11.6. The van der Waals surface area contributed by atoms with E-state index in [9.17, 15) is 14.4 Å². The highest BCUT2D eigenvalue weighted by atomic mass is 16.6. The van der Waals surface area contributed by atoms with Gasteiger partial charge in [-0.2, -0.15) is 0 Å². The maximum absolute atomic E-state index is 14.1. The Balaban J connectivity index is 1.33. The molecular formula is C33H42N6O4. The molecule has 3 N–H and O–H groups in total. The van der Waals surface area contributed by atoms with Crippen molar-refractivity contribution >= 4 is 39.8 Å². The number of aromatic nitrogens is 3. The number of fused-ring (bicyclic) bond motifs is 2. The first-order valence-corrected chi connectivity index (χ1v) is 14.9. The van der Waals surface area contributed by atoms with E-state index >= 15 is 0 Å². The summed E-state index contributed by atoms with van der Waals surface area (Å²) in [4.78, 5) is 50.0. The normalized spacial score (nSPS) is 15.4. The van der Waals surface area contributed by atoms with Crippen molar-refractivity contribution in [2.24, 2.45) is 0 Å². The molecule has 0 saturated carbocycles. The fourth-order valence-corrected chi connectivity index (χ4v) is 5.87. The van der Waals surface area contributed by atoms with E-state index in [1.165, 1.54) is 0 Å². The highest BCUT2D eigenvalue weighted by Gasteiger charge is 2.37. The lowest BCUT2D eigenvalue weighted by Crippen LogP contribution is -2.60. The Morgan fingerprint density at radius 3 is 2.42 bits per heavy atom. The highest BCUT2D eigenvalue weighted by Crippen LogP contribution is 2.29. The van der Waals surface area contributed by atoms with Crippen LogP contribution in [0, 0.1) is 6.92 Å². The molecule has 0 radical (unpaired) electrons. The third kappa shape index (κ3) is 6.68. The largest absolute Gasteiger partial charge is 0.444 e. The molecule has 10 nitrogen and oxygen atoms in total. The lowest BCUT2D eigenvalue weighted by atomic mass is 9.98. The van der Waals surface area contributed by atoms with Crippen LogP contribution in [0.4, 0.5) is 4.79 Å². The number of aryl methyl sites for hydroxylation is 1. The van der Waals surface area contributed by atoms with Gasteiger partial charge < -0.3 is 29.8 Å². The third-order valence-corrected chi connectivity index (χ3v) is 8.00. The van der Waals surface area contributed by atoms with Gasteiger partial charge in [0.05, 0.1) is 11.0 Å². The van der Waals surface area contributed by atoms with Gasteiger partial charge in [0.1, 0.15) is 23.0 Å². The molecular weight excluding hydrogens is 544 g/mol. The third-order valence-electron chi connectivity index (χ3n) is 8.00. The summed E-state index contributed by atoms with van der Waals surface area (Å²) in [5, 5.41) is 6.62. The number of rotatable bonds is 7. The van der Waals surface area contributed by atoms with Crippen LogP contribution in [0.1, 0.15) is 64.9 Å². The lowest BCUT2D eigenvalue weighted by molar-refractivity contribution is -0.138. The number of imidazole rings is 1. The molecule has 4 aromatic rings. The number of piperidine rings is 1. The standard InChI is InChI=1S/C33H42N6O4/c1-21-35-26-13-9-10-14-28(26)39(21)23-15-17-38(18-16-23)29(40)27(19-22-20-34-25-12-8-7-11-24(22)25)36-30(41)33(5,6)37-31(42)43-32(2,3)4/h7-14,20,23,27,34H,15-19H2,1-6H3,(H,36,41)(H,37,42)/t27-/m1/s1. The monoisotopic (exact) mass is 586 g/mol. The van der Waals surface area contributed by atoms with E-state index in [1.807, 2.05) is 60.5 Å². The number of para-hydroxylation sites is 3. The predicted octanol–water partition coefficient (Wildman–Crippen LogP) is 5.02. The zero-order chi connectivity index (χ0) is 30.9. The fraction of sp³-hybridized carbons (Fsp3) is 0.455. The average Bonchev–Trinajstić information content (AvgIpc) is 3.50. The second-order valence-electron chi connectivity index (χ2n) is 12.9. The predicted molar refractivity (Wildman–Crippen MR) is 167 cm³/mol. The van der Waals surface area contributed by atoms with Gasteiger partial charge in [-0.25, -0.2) is 9.78 Å². The van der Waals surface area contributed by atoms with Crippen LogP contribution in [0.5, 0.6) is 0 Å². The van der Waals surface area contributed by atoms with Crippen molar-refractivity contribution in [1.29, 1.82) is 0 Å². The first-order chi connectivity index (χ1) is 20.3. The summed E-state index contributed by atoms with van der Waals surface area (Å²) in [6, 6.07) is 15.4. The van der Waals surface area contributed by atoms with Crippen molar-refractivity contribution in [2.45, 2.75) is 84.0 Å². The van der Waals surface area contributed by atoms with Gasteiger partial charge in [-0.05, 0) is 78.1 Å². The Bertz CT molecular complexity index is 1640. The molecule has 43 heavy (non-hydrogen) atoms. The van der Waals surface area contributed by atoms with Crippen LogP contribution in [-0.2, 0) is 20.7 Å². The van der Waals surface area contributed by atoms with E-state index < -0.39 is 29.2 Å². The van der Waals surface area contributed by atoms with Crippen LogP contribution < -0.4 is 10.6 Å². The number of hydrogen-bond donors (Lipinski definition) is 3. The van der Waals surface area contributed by atoms with Crippen LogP contribution in [0.3, 0.4) is 0 Å². The summed E-state index contributed by atoms with van der Waals surface area (Å²) in [7, 11) is 0. The van der Waals surface area contributed by atoms with Gasteiger partial charge >= 0.3 is 6.09 Å². The minimum Gasteiger partial charge on any atom is -0.444 e. The van der Waals surface area contributed by atoms with Gasteiger partial charge in [-0.1, -0.05) is 30.3 Å². The van der Waals surface area contributed by atoms with Gasteiger partial charge in [-0.15, -0.1) is 0 Å². The second-order valence-corrected chi connectivity index (χ2v) is 12.9. The molecule has 1 atom stereocenters. The van der Waals surface area contributed by atoms with E-state index in [0.717, 1.165) is 46.2 Å². The summed E-state index contributed by atoms with van der Waals surface area (Å²) >= 11 is 0. The Morgan fingerprint density at radius 1 is 1.02 bits per heavy atom. The number of amides is 3. The molecule has 5 rings (SSSR count). The Kier molecular flexibility index (Phi) is 8.23. The van der Waals surface area contributed by atoms with E-state index in [2.05, 4.69) is 26.3 Å². The molecule has 1 aliphatic heterocycles. The van der Waals surface area contributed by atoms with Crippen molar-refractivity contribution in [3.05, 3.63) is 66.1 Å². The number of carbonyl (C=O) groups excluding carboxylic acids is 3. The number of benzene rings is 2. The van der Waals surface area contributed by atoms with Crippen LogP contribution in [0.15, 0.2) is 54.7 Å². The van der Waals surface area contributed by atoms with Crippen LogP contribution >= 0.6 is 0 Å². The zero-order valence-corrected chi connectivity index (χ0v) is 25.9. The van der Waals surface area contributed by atoms with E-state index in [0.29, 0.717) is 19.5 Å². The van der Waals surface area contributed by atoms with Crippen molar-refractivity contribution in [2.75, 3.05) is 13.1 Å². The summed E-state index contributed by atoms with van der Waals surface area (Å²) in [5.74, 6) is 0.361. The van der Waals surface area contributed by atoms with Gasteiger partial charge in [0.15, 0.2) is 0 Å². The topological polar surface area (TPSA) is 121 Å². The first kappa shape index (κ1) is 30.1. The summed E-state index contributed by atoms with van der Waals surface area (Å²) in [5.41, 5.74) is 1.96. The quantitative estimate of drug-likeness (QED) is 0.281. The molecule has 0 bridgehead atoms. The fourth-order valence-electron chi connectivity index (χ4n) is 5.87. The maximum atomic E-state index is 14.1. The summed E-state index contributed by atoms with van der Waals surface area (Å²) < 4.78 is 7.65. The van der Waals surface area contributed by atoms with E-state index in [1.54, 1.807) is 34.6 Å². The number of hydrogen-bond acceptors (Lipinski definition) is 5. The van der Waals surface area contributed by atoms with Crippen molar-refractivity contribution < 1.29 is 19.1 Å². The van der Waals surface area contributed by atoms with Gasteiger partial charge in [-0.3, -0.25) is 9.59 Å². The minimum atomic E-state index is -1.31. The van der Waals surface area contributed by atoms with Gasteiger partial charge in [0, 0.05) is 42.7 Å². The van der Waals surface area contributed by atoms with Crippen LogP contribution in [0.2, 0.25) is 0 Å². The molecule has 1 fully saturated rings. The average molecular weight is 587 g/mol. The number of ether oxygens (including phenoxy) is 1. The van der Waals surface area contributed by atoms with Crippen molar-refractivity contribution in [3.63, 3.8) is 0 Å². The molecule has 2 aromatic carbocycles. The molecule has 0 aliphatic carbocycles. The smallest absolute Gasteiger partial charge is 0.408 e. The van der Waals surface area contributed by atoms with Gasteiger partial charge in [0.2, 0.25) is 11.8 Å². The summed E-state index contributed by atoms with van der Waals surface area (Å²) in [6.07, 6.45) is 3.07. The minimum absolute atomic E-state index is 0.141. The number of nitrogens with one attached hydrogen (secondary N) is 3. The number of alkyl carbamates (subject to hydrolysis) is 1. The number of likely N-dealkylation sites (tertiary alicyclic amines) is 1. The van der Waals surface area contributed by atoms with E-state index in [4.69, 9.17) is 9.72 Å². The molecule has 3 amide bonds. The van der Waals surface area contributed by atoms with Crippen LogP contribution in [-0.4, -0.2) is 67.6 Å². The number of carbonyl (C=O) groups is 3. The van der Waals surface area contributed by atoms with E-state index in [-0.39, 0.29) is 11.9 Å². The lowest BCUT2D eigenvalue weighted by Gasteiger charge is -2.36. The first-order valence-electron chi connectivity index (χ1n) is 14.9. The Hall–Kier alpha value is -4.34. The maximum Gasteiger partial charge on any atom is 0.408 e. The molecule has 228 valence electrons. The van der Waals surface area contributed by atoms with Crippen molar-refractivity contribution in [3.8, 4) is 0 Å². The molecule has 2 aromatic heterocycles.